The summed E-state index contributed by atoms with van der Waals surface area (Å²) in [6, 6.07) is 18.1. The van der Waals surface area contributed by atoms with Crippen LogP contribution in [0, 0.1) is 0 Å². The van der Waals surface area contributed by atoms with Crippen molar-refractivity contribution in [3.63, 3.8) is 0 Å². The van der Waals surface area contributed by atoms with Gasteiger partial charge in [0.15, 0.2) is 0 Å². The number of benzene rings is 2. The molecule has 0 amide bonds. The Morgan fingerprint density at radius 3 is 2.43 bits per heavy atom. The summed E-state index contributed by atoms with van der Waals surface area (Å²) in [4.78, 5) is 16.9. The molecule has 4 aromatic rings. The molecule has 2 aromatic carbocycles. The van der Waals surface area contributed by atoms with Gasteiger partial charge in [-0.25, -0.2) is 15.0 Å². The van der Waals surface area contributed by atoms with Crippen LogP contribution in [0.25, 0.3) is 22.0 Å². The molecule has 3 heterocycles. The van der Waals surface area contributed by atoms with Gasteiger partial charge in [-0.2, -0.15) is 0 Å². The molecule has 1 saturated heterocycles. The van der Waals surface area contributed by atoms with Gasteiger partial charge in [-0.1, -0.05) is 12.1 Å². The van der Waals surface area contributed by atoms with Crippen LogP contribution in [0.3, 0.4) is 0 Å². The SMILES string of the molecule is Sc1ccc(Nc2ncc3ccc(-c4ccc(N5CCOCC5)nc4)cc3n2)cc1. The molecule has 150 valence electrons. The van der Waals surface area contributed by atoms with Gasteiger partial charge >= 0.3 is 0 Å². The second-order valence-electron chi connectivity index (χ2n) is 7.14. The van der Waals surface area contributed by atoms with Gasteiger partial charge in [-0.15, -0.1) is 12.6 Å². The average Bonchev–Trinajstić information content (AvgIpc) is 2.81. The fraction of sp³-hybridized carbons (Fsp3) is 0.174. The number of rotatable bonds is 4. The standard InChI is InChI=1S/C23H21N5OS/c30-20-6-4-19(5-7-20)26-23-25-15-18-2-1-16(13-21(18)27-23)17-3-8-22(24-14-17)28-9-11-29-12-10-28/h1-8,13-15,30H,9-12H2,(H,25,26,27). The normalized spacial score (nSPS) is 14.1. The summed E-state index contributed by atoms with van der Waals surface area (Å²) < 4.78 is 5.42. The third-order valence-corrected chi connectivity index (χ3v) is 5.42. The van der Waals surface area contributed by atoms with Crippen LogP contribution in [0.1, 0.15) is 0 Å². The first-order valence-corrected chi connectivity index (χ1v) is 10.3. The molecule has 0 spiro atoms. The molecule has 0 aliphatic carbocycles. The van der Waals surface area contributed by atoms with E-state index in [1.54, 1.807) is 0 Å². The number of ether oxygens (including phenoxy) is 1. The maximum absolute atomic E-state index is 5.42. The molecule has 0 unspecified atom stereocenters. The van der Waals surface area contributed by atoms with Gasteiger partial charge in [-0.05, 0) is 48.0 Å². The summed E-state index contributed by atoms with van der Waals surface area (Å²) in [7, 11) is 0. The Labute approximate surface area is 180 Å². The lowest BCUT2D eigenvalue weighted by Crippen LogP contribution is -2.36. The third-order valence-electron chi connectivity index (χ3n) is 5.12. The lowest BCUT2D eigenvalue weighted by Gasteiger charge is -2.27. The molecule has 1 aliphatic heterocycles. The molecule has 1 fully saturated rings. The molecule has 7 heteroatoms. The van der Waals surface area contributed by atoms with Crippen LogP contribution in [0.2, 0.25) is 0 Å². The second-order valence-corrected chi connectivity index (χ2v) is 7.66. The van der Waals surface area contributed by atoms with E-state index in [0.29, 0.717) is 5.95 Å². The molecule has 0 atom stereocenters. The van der Waals surface area contributed by atoms with Gasteiger partial charge in [0.05, 0.1) is 18.7 Å². The zero-order valence-corrected chi connectivity index (χ0v) is 17.2. The fourth-order valence-corrected chi connectivity index (χ4v) is 3.62. The Balaban J connectivity index is 1.40. The van der Waals surface area contributed by atoms with Crippen molar-refractivity contribution in [2.24, 2.45) is 0 Å². The number of nitrogens with one attached hydrogen (secondary N) is 1. The van der Waals surface area contributed by atoms with Crippen LogP contribution < -0.4 is 10.2 Å². The maximum atomic E-state index is 5.42. The number of hydrogen-bond acceptors (Lipinski definition) is 7. The van der Waals surface area contributed by atoms with Crippen LogP contribution in [0.4, 0.5) is 17.5 Å². The van der Waals surface area contributed by atoms with Crippen molar-refractivity contribution in [3.05, 3.63) is 67.0 Å². The number of aromatic nitrogens is 3. The van der Waals surface area contributed by atoms with Gasteiger partial charge in [0.25, 0.3) is 0 Å². The van der Waals surface area contributed by atoms with E-state index < -0.39 is 0 Å². The zero-order chi connectivity index (χ0) is 20.3. The van der Waals surface area contributed by atoms with Crippen molar-refractivity contribution in [2.75, 3.05) is 36.5 Å². The van der Waals surface area contributed by atoms with Crippen molar-refractivity contribution in [1.29, 1.82) is 0 Å². The van der Waals surface area contributed by atoms with Crippen LogP contribution in [0.15, 0.2) is 71.9 Å². The van der Waals surface area contributed by atoms with Crippen molar-refractivity contribution >= 4 is 41.0 Å². The Morgan fingerprint density at radius 1 is 0.867 bits per heavy atom. The zero-order valence-electron chi connectivity index (χ0n) is 16.3. The second kappa shape index (κ2) is 8.30. The predicted molar refractivity (Wildman–Crippen MR) is 123 cm³/mol. The number of anilines is 3. The van der Waals surface area contributed by atoms with E-state index in [9.17, 15) is 0 Å². The van der Waals surface area contributed by atoms with Crippen molar-refractivity contribution in [1.82, 2.24) is 15.0 Å². The lowest BCUT2D eigenvalue weighted by molar-refractivity contribution is 0.122. The lowest BCUT2D eigenvalue weighted by atomic mass is 10.1. The van der Waals surface area contributed by atoms with E-state index in [1.807, 2.05) is 42.7 Å². The minimum absolute atomic E-state index is 0.562. The van der Waals surface area contributed by atoms with Crippen LogP contribution in [-0.4, -0.2) is 41.3 Å². The van der Waals surface area contributed by atoms with Gasteiger partial charge in [-0.3, -0.25) is 0 Å². The van der Waals surface area contributed by atoms with Crippen LogP contribution in [-0.2, 0) is 4.74 Å². The van der Waals surface area contributed by atoms with Crippen LogP contribution in [0.5, 0.6) is 0 Å². The summed E-state index contributed by atoms with van der Waals surface area (Å²) in [6.45, 7) is 3.27. The Kier molecular flexibility index (Phi) is 5.21. The minimum atomic E-state index is 0.562. The van der Waals surface area contributed by atoms with E-state index in [1.165, 1.54) is 0 Å². The molecule has 0 saturated carbocycles. The molecule has 1 aliphatic rings. The van der Waals surface area contributed by atoms with E-state index in [-0.39, 0.29) is 0 Å². The molecule has 2 aromatic heterocycles. The van der Waals surface area contributed by atoms with E-state index in [0.717, 1.165) is 64.7 Å². The van der Waals surface area contributed by atoms with Crippen molar-refractivity contribution < 1.29 is 4.74 Å². The number of pyridine rings is 1. The average molecular weight is 416 g/mol. The first kappa shape index (κ1) is 18.8. The van der Waals surface area contributed by atoms with E-state index in [2.05, 4.69) is 62.1 Å². The topological polar surface area (TPSA) is 63.2 Å². The molecular formula is C23H21N5OS. The fourth-order valence-electron chi connectivity index (χ4n) is 3.47. The number of thiol groups is 1. The number of nitrogens with zero attached hydrogens (tertiary/aromatic N) is 4. The van der Waals surface area contributed by atoms with Gasteiger partial charge < -0.3 is 15.0 Å². The molecule has 0 radical (unpaired) electrons. The molecule has 5 rings (SSSR count). The first-order valence-electron chi connectivity index (χ1n) is 9.87. The van der Waals surface area contributed by atoms with E-state index >= 15 is 0 Å². The van der Waals surface area contributed by atoms with Gasteiger partial charge in [0.2, 0.25) is 5.95 Å². The monoisotopic (exact) mass is 415 g/mol. The Morgan fingerprint density at radius 2 is 1.67 bits per heavy atom. The summed E-state index contributed by atoms with van der Waals surface area (Å²) >= 11 is 4.32. The Hall–Kier alpha value is -3.16. The molecule has 30 heavy (non-hydrogen) atoms. The van der Waals surface area contributed by atoms with Gasteiger partial charge in [0.1, 0.15) is 5.82 Å². The quantitative estimate of drug-likeness (QED) is 0.477. The molecule has 0 bridgehead atoms. The highest BCUT2D eigenvalue weighted by molar-refractivity contribution is 7.80. The maximum Gasteiger partial charge on any atom is 0.227 e. The highest BCUT2D eigenvalue weighted by Crippen LogP contribution is 2.25. The predicted octanol–water partition coefficient (Wildman–Crippen LogP) is 4.56. The smallest absolute Gasteiger partial charge is 0.227 e. The minimum Gasteiger partial charge on any atom is -0.378 e. The highest BCUT2D eigenvalue weighted by atomic mass is 32.1. The number of fused-ring (bicyclic) bond motifs is 1. The third kappa shape index (κ3) is 4.08. The number of hydrogen-bond donors (Lipinski definition) is 2. The first-order chi connectivity index (χ1) is 14.7. The summed E-state index contributed by atoms with van der Waals surface area (Å²) in [5, 5.41) is 4.24. The highest BCUT2D eigenvalue weighted by Gasteiger charge is 2.12. The summed E-state index contributed by atoms with van der Waals surface area (Å²) in [5.74, 6) is 1.55. The number of morpholine rings is 1. The largest absolute Gasteiger partial charge is 0.378 e. The molecular weight excluding hydrogens is 394 g/mol. The van der Waals surface area contributed by atoms with Crippen molar-refractivity contribution in [2.45, 2.75) is 4.90 Å². The Bertz CT molecular complexity index is 1160. The molecule has 1 N–H and O–H groups in total. The van der Waals surface area contributed by atoms with Crippen LogP contribution >= 0.6 is 12.6 Å². The van der Waals surface area contributed by atoms with Crippen molar-refractivity contribution in [3.8, 4) is 11.1 Å². The van der Waals surface area contributed by atoms with E-state index in [4.69, 9.17) is 4.74 Å². The molecule has 6 nitrogen and oxygen atoms in total. The summed E-state index contributed by atoms with van der Waals surface area (Å²) in [5.41, 5.74) is 3.94. The summed E-state index contributed by atoms with van der Waals surface area (Å²) in [6.07, 6.45) is 3.76. The van der Waals surface area contributed by atoms with Gasteiger partial charge in [0, 0.05) is 47.0 Å².